The van der Waals surface area contributed by atoms with Gasteiger partial charge in [-0.05, 0) is 50.2 Å². The summed E-state index contributed by atoms with van der Waals surface area (Å²) in [5.41, 5.74) is 0.314. The molecule has 0 saturated heterocycles. The van der Waals surface area contributed by atoms with Crippen LogP contribution in [-0.4, -0.2) is 17.6 Å². The Kier molecular flexibility index (Phi) is 5.66. The van der Waals surface area contributed by atoms with Crippen molar-refractivity contribution in [3.63, 3.8) is 0 Å². The number of benzene rings is 2. The number of aryl methyl sites for hydroxylation is 1. The van der Waals surface area contributed by atoms with Gasteiger partial charge in [0, 0.05) is 18.5 Å². The van der Waals surface area contributed by atoms with Crippen molar-refractivity contribution in [2.75, 3.05) is 6.61 Å². The van der Waals surface area contributed by atoms with E-state index in [0.717, 1.165) is 0 Å². The fraction of sp³-hybridized carbons (Fsp3) is 0.125. The molecule has 156 valence electrons. The summed E-state index contributed by atoms with van der Waals surface area (Å²) in [4.78, 5) is 29.2. The first kappa shape index (κ1) is 20.2. The van der Waals surface area contributed by atoms with E-state index in [2.05, 4.69) is 4.98 Å². The molecule has 0 atom stereocenters. The number of esters is 1. The number of nitrogens with zero attached hydrogens (tertiary/aromatic N) is 1. The molecule has 0 spiro atoms. The van der Waals surface area contributed by atoms with Crippen molar-refractivity contribution in [2.24, 2.45) is 0 Å². The molecular weight excluding hydrogens is 398 g/mol. The van der Waals surface area contributed by atoms with Crippen LogP contribution in [0.1, 0.15) is 23.0 Å². The monoisotopic (exact) mass is 417 g/mol. The lowest BCUT2D eigenvalue weighted by Crippen LogP contribution is -2.10. The maximum Gasteiger partial charge on any atom is 0.343 e. The van der Waals surface area contributed by atoms with E-state index < -0.39 is 5.97 Å². The van der Waals surface area contributed by atoms with E-state index in [1.807, 2.05) is 13.0 Å². The molecule has 2 aromatic carbocycles. The maximum atomic E-state index is 13.0. The fourth-order valence-electron chi connectivity index (χ4n) is 3.02. The van der Waals surface area contributed by atoms with E-state index in [9.17, 15) is 9.59 Å². The van der Waals surface area contributed by atoms with Gasteiger partial charge in [0.05, 0.1) is 17.6 Å². The summed E-state index contributed by atoms with van der Waals surface area (Å²) >= 11 is 0. The summed E-state index contributed by atoms with van der Waals surface area (Å²) in [5, 5.41) is 0.304. The summed E-state index contributed by atoms with van der Waals surface area (Å²) in [6.07, 6.45) is 3.01. The zero-order valence-corrected chi connectivity index (χ0v) is 17.0. The number of para-hydroxylation sites is 2. The molecule has 31 heavy (non-hydrogen) atoms. The van der Waals surface area contributed by atoms with Crippen LogP contribution in [0.2, 0.25) is 0 Å². The van der Waals surface area contributed by atoms with Gasteiger partial charge in [-0.1, -0.05) is 12.1 Å². The molecule has 4 aromatic rings. The van der Waals surface area contributed by atoms with Gasteiger partial charge >= 0.3 is 5.97 Å². The Morgan fingerprint density at radius 1 is 1.03 bits per heavy atom. The summed E-state index contributed by atoms with van der Waals surface area (Å²) in [6.45, 7) is 3.97. The molecule has 0 unspecified atom stereocenters. The number of pyridine rings is 1. The smallest absolute Gasteiger partial charge is 0.343 e. The van der Waals surface area contributed by atoms with E-state index >= 15 is 0 Å². The van der Waals surface area contributed by atoms with Crippen molar-refractivity contribution in [1.29, 1.82) is 0 Å². The van der Waals surface area contributed by atoms with E-state index in [4.69, 9.17) is 18.6 Å². The van der Waals surface area contributed by atoms with E-state index in [1.165, 1.54) is 30.6 Å². The highest BCUT2D eigenvalue weighted by Crippen LogP contribution is 2.33. The summed E-state index contributed by atoms with van der Waals surface area (Å²) in [6, 6.07) is 14.8. The van der Waals surface area contributed by atoms with E-state index in [-0.39, 0.29) is 22.5 Å². The minimum absolute atomic E-state index is 0.0705. The Hall–Kier alpha value is -4.13. The van der Waals surface area contributed by atoms with E-state index in [1.54, 1.807) is 37.3 Å². The van der Waals surface area contributed by atoms with Gasteiger partial charge in [0.15, 0.2) is 11.5 Å². The number of carbonyl (C=O) groups excluding carboxylic acids is 1. The topological polar surface area (TPSA) is 87.9 Å². The average Bonchev–Trinajstić information content (AvgIpc) is 2.78. The summed E-state index contributed by atoms with van der Waals surface area (Å²) in [7, 11) is 0. The Morgan fingerprint density at radius 3 is 2.52 bits per heavy atom. The summed E-state index contributed by atoms with van der Waals surface area (Å²) < 4.78 is 22.6. The first-order valence-electron chi connectivity index (χ1n) is 9.66. The third-order valence-corrected chi connectivity index (χ3v) is 4.47. The van der Waals surface area contributed by atoms with Crippen LogP contribution in [-0.2, 0) is 0 Å². The third-order valence-electron chi connectivity index (χ3n) is 4.47. The Balaban J connectivity index is 1.66. The molecule has 0 aliphatic heterocycles. The molecule has 2 heterocycles. The first-order chi connectivity index (χ1) is 15.1. The van der Waals surface area contributed by atoms with Gasteiger partial charge in [0.1, 0.15) is 17.1 Å². The molecule has 7 heteroatoms. The average molecular weight is 417 g/mol. The molecule has 7 nitrogen and oxygen atoms in total. The second-order valence-electron chi connectivity index (χ2n) is 6.58. The predicted molar refractivity (Wildman–Crippen MR) is 114 cm³/mol. The molecular formula is C24H19NO6. The molecule has 0 bridgehead atoms. The largest absolute Gasteiger partial charge is 0.490 e. The zero-order chi connectivity index (χ0) is 21.8. The molecule has 2 aromatic heterocycles. The number of rotatable bonds is 6. The third kappa shape index (κ3) is 4.25. The number of hydrogen-bond donors (Lipinski definition) is 0. The second-order valence-corrected chi connectivity index (χ2v) is 6.58. The highest BCUT2D eigenvalue weighted by molar-refractivity contribution is 5.91. The van der Waals surface area contributed by atoms with E-state index in [0.29, 0.717) is 34.8 Å². The maximum absolute atomic E-state index is 13.0. The van der Waals surface area contributed by atoms with Crippen LogP contribution < -0.4 is 19.6 Å². The molecule has 4 rings (SSSR count). The van der Waals surface area contributed by atoms with Gasteiger partial charge in [-0.15, -0.1) is 0 Å². The minimum atomic E-state index is -0.534. The van der Waals surface area contributed by atoms with Crippen LogP contribution in [0.15, 0.2) is 76.2 Å². The van der Waals surface area contributed by atoms with Crippen molar-refractivity contribution < 1.29 is 23.4 Å². The van der Waals surface area contributed by atoms with Gasteiger partial charge in [-0.25, -0.2) is 4.79 Å². The highest BCUT2D eigenvalue weighted by atomic mass is 16.5. The highest BCUT2D eigenvalue weighted by Gasteiger charge is 2.17. The van der Waals surface area contributed by atoms with Gasteiger partial charge in [0.2, 0.25) is 11.2 Å². The van der Waals surface area contributed by atoms with Crippen molar-refractivity contribution in [3.8, 4) is 23.0 Å². The standard InChI is InChI=1S/C24H19NO6/c1-3-28-19-6-4-5-7-20(19)31-23-15(2)29-21-14-17(8-9-18(21)22(23)26)30-24(27)16-10-12-25-13-11-16/h4-14H,3H2,1-2H3. The number of hydrogen-bond acceptors (Lipinski definition) is 7. The van der Waals surface area contributed by atoms with Crippen molar-refractivity contribution in [3.05, 3.63) is 88.5 Å². The van der Waals surface area contributed by atoms with Gasteiger partial charge in [-0.2, -0.15) is 0 Å². The molecule has 0 aliphatic carbocycles. The van der Waals surface area contributed by atoms with Crippen molar-refractivity contribution in [1.82, 2.24) is 4.98 Å². The van der Waals surface area contributed by atoms with Crippen LogP contribution in [0.25, 0.3) is 11.0 Å². The Morgan fingerprint density at radius 2 is 1.77 bits per heavy atom. The molecule has 0 aliphatic rings. The quantitative estimate of drug-likeness (QED) is 0.325. The van der Waals surface area contributed by atoms with Crippen molar-refractivity contribution in [2.45, 2.75) is 13.8 Å². The van der Waals surface area contributed by atoms with Gasteiger partial charge in [0.25, 0.3) is 0 Å². The Bertz CT molecular complexity index is 1300. The molecule has 0 saturated carbocycles. The van der Waals surface area contributed by atoms with Crippen molar-refractivity contribution >= 4 is 16.9 Å². The second kappa shape index (κ2) is 8.71. The minimum Gasteiger partial charge on any atom is -0.490 e. The van der Waals surface area contributed by atoms with Crippen LogP contribution in [0.5, 0.6) is 23.0 Å². The van der Waals surface area contributed by atoms with Crippen LogP contribution in [0.3, 0.4) is 0 Å². The zero-order valence-electron chi connectivity index (χ0n) is 17.0. The van der Waals surface area contributed by atoms with Crippen LogP contribution in [0.4, 0.5) is 0 Å². The number of aromatic nitrogens is 1. The molecule has 0 radical (unpaired) electrons. The Labute approximate surface area is 177 Å². The van der Waals surface area contributed by atoms with Crippen LogP contribution in [0, 0.1) is 6.92 Å². The molecule has 0 fully saturated rings. The molecule has 0 amide bonds. The normalized spacial score (nSPS) is 10.6. The van der Waals surface area contributed by atoms with Crippen LogP contribution >= 0.6 is 0 Å². The predicted octanol–water partition coefficient (Wildman–Crippen LogP) is 4.91. The lowest BCUT2D eigenvalue weighted by Gasteiger charge is -2.13. The van der Waals surface area contributed by atoms with Gasteiger partial charge in [-0.3, -0.25) is 9.78 Å². The summed E-state index contributed by atoms with van der Waals surface area (Å²) in [5.74, 6) is 1.03. The molecule has 0 N–H and O–H groups in total. The first-order valence-corrected chi connectivity index (χ1v) is 9.66. The lowest BCUT2D eigenvalue weighted by molar-refractivity contribution is 0.0735. The van der Waals surface area contributed by atoms with Gasteiger partial charge < -0.3 is 18.6 Å². The number of ether oxygens (including phenoxy) is 3. The fourth-order valence-corrected chi connectivity index (χ4v) is 3.02. The number of carbonyl (C=O) groups is 1. The SMILES string of the molecule is CCOc1ccccc1Oc1c(C)oc2cc(OC(=O)c3ccncc3)ccc2c1=O. The lowest BCUT2D eigenvalue weighted by atomic mass is 10.2. The number of fused-ring (bicyclic) bond motifs is 1.